The number of rotatable bonds is 5. The van der Waals surface area contributed by atoms with Gasteiger partial charge in [0.2, 0.25) is 0 Å². The molecule has 0 saturated carbocycles. The van der Waals surface area contributed by atoms with E-state index < -0.39 is 34.3 Å². The van der Waals surface area contributed by atoms with Crippen LogP contribution in [0.15, 0.2) is 148 Å². The lowest BCUT2D eigenvalue weighted by molar-refractivity contribution is -0.263. The first-order valence-electron chi connectivity index (χ1n) is 22.3. The number of fused-ring (bicyclic) bond motifs is 1. The molecule has 3 aromatic carbocycles. The largest absolute Gasteiger partial charge is 0.380 e. The van der Waals surface area contributed by atoms with E-state index in [1.54, 1.807) is 13.8 Å². The van der Waals surface area contributed by atoms with Crippen LogP contribution in [0, 0.1) is 11.3 Å². The molecule has 1 unspecified atom stereocenters. The normalized spacial score (nSPS) is 22.2. The molecule has 0 amide bonds. The number of hydrogen-bond acceptors (Lipinski definition) is 0. The van der Waals surface area contributed by atoms with E-state index in [-0.39, 0.29) is 50.7 Å². The first-order chi connectivity index (χ1) is 28.9. The van der Waals surface area contributed by atoms with Crippen molar-refractivity contribution in [3.05, 3.63) is 181 Å². The molecule has 63 heavy (non-hydrogen) atoms. The molecule has 0 saturated heterocycles. The van der Waals surface area contributed by atoms with Crippen molar-refractivity contribution in [2.24, 2.45) is 11.3 Å². The zero-order chi connectivity index (χ0) is 46.7. The summed E-state index contributed by atoms with van der Waals surface area (Å²) in [5.74, 6) is -15.9. The van der Waals surface area contributed by atoms with Crippen LogP contribution in [0.4, 0.5) is 26.3 Å². The highest BCUT2D eigenvalue weighted by molar-refractivity contribution is 5.80. The Kier molecular flexibility index (Phi) is 11.0. The van der Waals surface area contributed by atoms with Crippen molar-refractivity contribution in [3.8, 4) is 0 Å². The van der Waals surface area contributed by atoms with Gasteiger partial charge in [0.25, 0.3) is 0 Å². The van der Waals surface area contributed by atoms with Gasteiger partial charge in [0.1, 0.15) is 0 Å². The molecule has 0 aromatic heterocycles. The molecule has 6 heteroatoms. The monoisotopic (exact) mass is 862 g/mol. The Hall–Kier alpha value is -4.58. The van der Waals surface area contributed by atoms with Crippen molar-refractivity contribution in [3.63, 3.8) is 0 Å². The molecular formula is C57H64F6. The van der Waals surface area contributed by atoms with E-state index >= 15 is 26.3 Å². The van der Waals surface area contributed by atoms with Crippen molar-refractivity contribution >= 4 is 5.57 Å². The Labute approximate surface area is 372 Å². The third kappa shape index (κ3) is 7.49. The van der Waals surface area contributed by atoms with Crippen molar-refractivity contribution in [2.45, 2.75) is 149 Å². The quantitative estimate of drug-likeness (QED) is 0.224. The van der Waals surface area contributed by atoms with Gasteiger partial charge in [0, 0.05) is 11.1 Å². The summed E-state index contributed by atoms with van der Waals surface area (Å²) in [5.41, 5.74) is 2.39. The second-order valence-corrected chi connectivity index (χ2v) is 22.5. The van der Waals surface area contributed by atoms with Crippen LogP contribution < -0.4 is 0 Å². The van der Waals surface area contributed by atoms with Crippen molar-refractivity contribution < 1.29 is 26.3 Å². The number of alkyl halides is 6. The summed E-state index contributed by atoms with van der Waals surface area (Å²) >= 11 is 0. The number of hydrogen-bond donors (Lipinski definition) is 0. The van der Waals surface area contributed by atoms with Crippen LogP contribution in [-0.4, -0.2) is 17.8 Å². The van der Waals surface area contributed by atoms with Crippen LogP contribution in [0.5, 0.6) is 0 Å². The van der Waals surface area contributed by atoms with Gasteiger partial charge in [0.15, 0.2) is 0 Å². The Morgan fingerprint density at radius 1 is 0.619 bits per heavy atom. The molecule has 0 aliphatic heterocycles. The summed E-state index contributed by atoms with van der Waals surface area (Å²) in [6, 6.07) is 23.6. The highest BCUT2D eigenvalue weighted by atomic mass is 19.3. The fraction of sp³-hybridized carbons (Fsp3) is 0.439. The van der Waals surface area contributed by atoms with Gasteiger partial charge in [-0.15, -0.1) is 0 Å². The van der Waals surface area contributed by atoms with E-state index in [1.807, 2.05) is 78.9 Å². The summed E-state index contributed by atoms with van der Waals surface area (Å²) in [4.78, 5) is 0. The van der Waals surface area contributed by atoms with E-state index in [2.05, 4.69) is 95.2 Å². The molecule has 0 spiro atoms. The molecule has 4 aliphatic rings. The van der Waals surface area contributed by atoms with Gasteiger partial charge in [-0.05, 0) is 127 Å². The lowest BCUT2D eigenvalue weighted by Gasteiger charge is -2.41. The van der Waals surface area contributed by atoms with Crippen LogP contribution in [0.1, 0.15) is 143 Å². The van der Waals surface area contributed by atoms with Crippen molar-refractivity contribution in [1.29, 1.82) is 0 Å². The minimum atomic E-state index is -5.70. The fourth-order valence-electron chi connectivity index (χ4n) is 9.99. The zero-order valence-corrected chi connectivity index (χ0v) is 39.6. The second-order valence-electron chi connectivity index (χ2n) is 22.5. The van der Waals surface area contributed by atoms with Crippen LogP contribution in [0.2, 0.25) is 0 Å². The molecule has 0 bridgehead atoms. The molecular weight excluding hydrogens is 799 g/mol. The Morgan fingerprint density at radius 3 is 1.48 bits per heavy atom. The fourth-order valence-corrected chi connectivity index (χ4v) is 9.99. The summed E-state index contributed by atoms with van der Waals surface area (Å²) in [7, 11) is 0. The Morgan fingerprint density at radius 2 is 1.06 bits per heavy atom. The number of benzene rings is 3. The van der Waals surface area contributed by atoms with Gasteiger partial charge in [-0.1, -0.05) is 186 Å². The zero-order valence-electron chi connectivity index (χ0n) is 39.6. The first-order valence-corrected chi connectivity index (χ1v) is 22.3. The molecule has 1 atom stereocenters. The lowest BCUT2D eigenvalue weighted by Crippen LogP contribution is -2.50. The Balaban J connectivity index is 1.63. The van der Waals surface area contributed by atoms with Crippen LogP contribution in [0.25, 0.3) is 5.57 Å². The average molecular weight is 863 g/mol. The number of allylic oxidation sites excluding steroid dienone is 14. The Bertz CT molecular complexity index is 2470. The second kappa shape index (κ2) is 15.0. The average Bonchev–Trinajstić information content (AvgIpc) is 3.63. The van der Waals surface area contributed by atoms with E-state index in [1.165, 1.54) is 12.2 Å². The van der Waals surface area contributed by atoms with Gasteiger partial charge in [-0.25, -0.2) is 0 Å². The van der Waals surface area contributed by atoms with Crippen LogP contribution in [-0.2, 0) is 21.7 Å². The minimum Gasteiger partial charge on any atom is -0.194 e. The standard InChI is InChI=1S/C57H64F6/c1-34(36-15-19-39(20-16-36)50(3,4)5)31-45-35(2)54(43-27-23-41(24-28-43)52(9,10)11,44-29-25-42(26-30-44)53(12,13)14)47-33-38(37-17-21-40(22-18-37)51(6,7)8)32-46(47)49-48(45)55(58,59)57(62,63)56(49,60)61/h15-21,23-32,40H,22,33H2,1-14H3/b34-31+. The summed E-state index contributed by atoms with van der Waals surface area (Å²) in [6.45, 7) is 28.7. The molecule has 0 fully saturated rings. The minimum absolute atomic E-state index is 0.0348. The van der Waals surface area contributed by atoms with Crippen LogP contribution >= 0.6 is 0 Å². The molecule has 0 heterocycles. The summed E-state index contributed by atoms with van der Waals surface area (Å²) in [6.07, 6.45) is 9.91. The molecule has 7 rings (SSSR count). The molecule has 0 N–H and O–H groups in total. The van der Waals surface area contributed by atoms with Gasteiger partial charge in [-0.2, -0.15) is 26.3 Å². The van der Waals surface area contributed by atoms with Crippen LogP contribution in [0.3, 0.4) is 0 Å². The third-order valence-electron chi connectivity index (χ3n) is 14.2. The molecule has 0 radical (unpaired) electrons. The SMILES string of the molecule is CC1=C(/C=C(\C)c2ccc(C(C)(C)C)cc2)C2=C(C3=C(CC(C4=CCC(C(C)(C)C)C=C4)=C3)C1(c1ccc(C(C)(C)C)cc1)c1ccc(C(C)(C)C)cc1)C(F)(F)C(F)(F)C2(F)F. The van der Waals surface area contributed by atoms with E-state index in [0.717, 1.165) is 22.3 Å². The molecule has 334 valence electrons. The maximum atomic E-state index is 17.1. The molecule has 0 nitrogen and oxygen atoms in total. The van der Waals surface area contributed by atoms with Crippen molar-refractivity contribution in [1.82, 2.24) is 0 Å². The van der Waals surface area contributed by atoms with E-state index in [0.29, 0.717) is 39.8 Å². The van der Waals surface area contributed by atoms with Gasteiger partial charge in [-0.3, -0.25) is 0 Å². The van der Waals surface area contributed by atoms with Gasteiger partial charge in [0.05, 0.1) is 5.41 Å². The summed E-state index contributed by atoms with van der Waals surface area (Å²) < 4.78 is 101. The van der Waals surface area contributed by atoms with Gasteiger partial charge < -0.3 is 0 Å². The highest BCUT2D eigenvalue weighted by Gasteiger charge is 2.81. The molecule has 4 aliphatic carbocycles. The van der Waals surface area contributed by atoms with E-state index in [9.17, 15) is 0 Å². The smallest absolute Gasteiger partial charge is 0.194 e. The first kappa shape index (κ1) is 46.4. The predicted octanol–water partition coefficient (Wildman–Crippen LogP) is 16.7. The summed E-state index contributed by atoms with van der Waals surface area (Å²) in [5, 5.41) is 0. The van der Waals surface area contributed by atoms with E-state index in [4.69, 9.17) is 0 Å². The maximum Gasteiger partial charge on any atom is 0.380 e. The highest BCUT2D eigenvalue weighted by Crippen LogP contribution is 2.68. The lowest BCUT2D eigenvalue weighted by atomic mass is 9.61. The maximum absolute atomic E-state index is 17.1. The van der Waals surface area contributed by atoms with Crippen molar-refractivity contribution in [2.75, 3.05) is 0 Å². The molecule has 3 aromatic rings. The number of halogens is 6. The predicted molar refractivity (Wildman–Crippen MR) is 249 cm³/mol. The third-order valence-corrected chi connectivity index (χ3v) is 14.2. The van der Waals surface area contributed by atoms with Gasteiger partial charge >= 0.3 is 17.8 Å². The topological polar surface area (TPSA) is 0 Å².